The molecular formula is C30H34F6N2O4. The Balaban J connectivity index is 1.52. The number of urea groups is 1. The lowest BCUT2D eigenvalue weighted by atomic mass is 9.78. The van der Waals surface area contributed by atoms with Crippen LogP contribution in [0.2, 0.25) is 0 Å². The first-order valence-corrected chi connectivity index (χ1v) is 14.0. The van der Waals surface area contributed by atoms with Gasteiger partial charge in [0.05, 0.1) is 6.61 Å². The smallest absolute Gasteiger partial charge is 0.410 e. The number of nitrogens with one attached hydrogen (secondary N) is 1. The normalized spacial score (nSPS) is 20.0. The minimum atomic E-state index is -5.61. The summed E-state index contributed by atoms with van der Waals surface area (Å²) in [5.74, 6) is -0.561. The van der Waals surface area contributed by atoms with Gasteiger partial charge in [0.15, 0.2) is 0 Å². The SMILES string of the molecule is CCCc1cc2c(c(CCC)c1OCCCCN1C(=O)NC(C)(c3ccccc3)C1=O)OCC2(C(F)(F)F)C(F)(F)F. The molecule has 42 heavy (non-hydrogen) atoms. The van der Waals surface area contributed by atoms with E-state index in [4.69, 9.17) is 9.47 Å². The van der Waals surface area contributed by atoms with E-state index in [-0.39, 0.29) is 48.8 Å². The van der Waals surface area contributed by atoms with Crippen molar-refractivity contribution in [3.05, 3.63) is 58.7 Å². The lowest BCUT2D eigenvalue weighted by Crippen LogP contribution is -2.55. The van der Waals surface area contributed by atoms with Crippen LogP contribution >= 0.6 is 0 Å². The van der Waals surface area contributed by atoms with Crippen LogP contribution in [0.3, 0.4) is 0 Å². The number of amides is 3. The summed E-state index contributed by atoms with van der Waals surface area (Å²) in [6, 6.07) is 9.29. The van der Waals surface area contributed by atoms with Crippen molar-refractivity contribution in [2.24, 2.45) is 0 Å². The average molecular weight is 601 g/mol. The minimum Gasteiger partial charge on any atom is -0.493 e. The Morgan fingerprint density at radius 1 is 0.976 bits per heavy atom. The summed E-state index contributed by atoms with van der Waals surface area (Å²) in [6.07, 6.45) is -9.17. The Kier molecular flexibility index (Phi) is 8.76. The largest absolute Gasteiger partial charge is 0.493 e. The van der Waals surface area contributed by atoms with Crippen LogP contribution in [0, 0.1) is 0 Å². The highest BCUT2D eigenvalue weighted by molar-refractivity contribution is 6.07. The van der Waals surface area contributed by atoms with Crippen molar-refractivity contribution in [2.75, 3.05) is 19.8 Å². The molecule has 2 heterocycles. The van der Waals surface area contributed by atoms with E-state index in [9.17, 15) is 35.9 Å². The topological polar surface area (TPSA) is 67.9 Å². The predicted molar refractivity (Wildman–Crippen MR) is 142 cm³/mol. The Hall–Kier alpha value is -3.44. The number of hydrogen-bond donors (Lipinski definition) is 1. The van der Waals surface area contributed by atoms with Crippen LogP contribution in [0.25, 0.3) is 0 Å². The molecule has 1 atom stereocenters. The van der Waals surface area contributed by atoms with E-state index in [2.05, 4.69) is 5.32 Å². The monoisotopic (exact) mass is 600 g/mol. The fourth-order valence-electron chi connectivity index (χ4n) is 5.66. The Morgan fingerprint density at radius 3 is 2.21 bits per heavy atom. The van der Waals surface area contributed by atoms with Crippen LogP contribution < -0.4 is 14.8 Å². The third kappa shape index (κ3) is 5.28. The standard InChI is InChI=1S/C30H34F6N2O4/c1-4-11-19-17-22-24(42-18-28(22,29(31,32)33)30(34,35)36)21(12-5-2)23(19)41-16-10-9-15-38-25(39)27(3,37-26(38)40)20-13-7-6-8-14-20/h6-8,13-14,17H,4-5,9-12,15-16,18H2,1-3H3,(H,37,40). The van der Waals surface area contributed by atoms with Crippen molar-refractivity contribution in [1.82, 2.24) is 10.2 Å². The summed E-state index contributed by atoms with van der Waals surface area (Å²) < 4.78 is 95.5. The first kappa shape index (κ1) is 31.5. The maximum atomic E-state index is 14.1. The Morgan fingerprint density at radius 2 is 1.62 bits per heavy atom. The zero-order chi connectivity index (χ0) is 30.9. The molecule has 0 bridgehead atoms. The molecule has 1 N–H and O–H groups in total. The van der Waals surface area contributed by atoms with Gasteiger partial charge in [0.2, 0.25) is 5.41 Å². The summed E-state index contributed by atoms with van der Waals surface area (Å²) in [7, 11) is 0. The van der Waals surface area contributed by atoms with Crippen molar-refractivity contribution < 1.29 is 45.4 Å². The fourth-order valence-corrected chi connectivity index (χ4v) is 5.66. The third-order valence-electron chi connectivity index (χ3n) is 7.93. The van der Waals surface area contributed by atoms with Gasteiger partial charge < -0.3 is 14.8 Å². The molecule has 1 saturated heterocycles. The molecule has 0 aliphatic carbocycles. The summed E-state index contributed by atoms with van der Waals surface area (Å²) in [5, 5.41) is 2.74. The lowest BCUT2D eigenvalue weighted by Gasteiger charge is -2.33. The molecule has 0 spiro atoms. The van der Waals surface area contributed by atoms with Crippen molar-refractivity contribution in [2.45, 2.75) is 82.6 Å². The van der Waals surface area contributed by atoms with Gasteiger partial charge in [-0.05, 0) is 49.8 Å². The van der Waals surface area contributed by atoms with Gasteiger partial charge in [-0.2, -0.15) is 26.3 Å². The van der Waals surface area contributed by atoms with Crippen LogP contribution in [0.1, 0.15) is 68.7 Å². The van der Waals surface area contributed by atoms with E-state index in [0.717, 1.165) is 11.0 Å². The molecule has 2 aliphatic rings. The summed E-state index contributed by atoms with van der Waals surface area (Å²) in [4.78, 5) is 26.8. The molecule has 230 valence electrons. The number of carbonyl (C=O) groups excluding carboxylic acids is 2. The van der Waals surface area contributed by atoms with Gasteiger partial charge in [-0.25, -0.2) is 4.79 Å². The van der Waals surface area contributed by atoms with Gasteiger partial charge in [0.1, 0.15) is 23.6 Å². The van der Waals surface area contributed by atoms with Crippen LogP contribution in [-0.4, -0.2) is 48.9 Å². The van der Waals surface area contributed by atoms with Crippen molar-refractivity contribution >= 4 is 11.9 Å². The predicted octanol–water partition coefficient (Wildman–Crippen LogP) is 6.97. The molecule has 12 heteroatoms. The number of ether oxygens (including phenoxy) is 2. The molecule has 6 nitrogen and oxygen atoms in total. The van der Waals surface area contributed by atoms with Crippen molar-refractivity contribution in [3.63, 3.8) is 0 Å². The minimum absolute atomic E-state index is 0.0789. The third-order valence-corrected chi connectivity index (χ3v) is 7.93. The average Bonchev–Trinajstić information content (AvgIpc) is 3.42. The summed E-state index contributed by atoms with van der Waals surface area (Å²) in [5.41, 5.74) is -5.11. The molecular weight excluding hydrogens is 566 g/mol. The van der Waals surface area contributed by atoms with E-state index in [1.54, 1.807) is 51.1 Å². The van der Waals surface area contributed by atoms with E-state index >= 15 is 0 Å². The number of hydrogen-bond acceptors (Lipinski definition) is 4. The van der Waals surface area contributed by atoms with Gasteiger partial charge in [-0.1, -0.05) is 57.0 Å². The molecule has 1 unspecified atom stereocenters. The molecule has 4 rings (SSSR count). The quantitative estimate of drug-likeness (QED) is 0.172. The number of carbonyl (C=O) groups is 2. The second kappa shape index (κ2) is 11.7. The van der Waals surface area contributed by atoms with Crippen LogP contribution in [0.4, 0.5) is 31.1 Å². The maximum Gasteiger partial charge on any atom is 0.410 e. The second-order valence-corrected chi connectivity index (χ2v) is 10.8. The highest BCUT2D eigenvalue weighted by atomic mass is 19.4. The van der Waals surface area contributed by atoms with Gasteiger partial charge in [0, 0.05) is 17.7 Å². The molecule has 2 aliphatic heterocycles. The molecule has 0 aromatic heterocycles. The molecule has 1 fully saturated rings. The Bertz CT molecular complexity index is 1300. The number of unbranched alkanes of at least 4 members (excludes halogenated alkanes) is 1. The number of rotatable bonds is 11. The van der Waals surface area contributed by atoms with Crippen molar-refractivity contribution in [3.8, 4) is 11.5 Å². The zero-order valence-electron chi connectivity index (χ0n) is 23.7. The number of nitrogens with zero attached hydrogens (tertiary/aromatic N) is 1. The number of halogens is 6. The number of aryl methyl sites for hydroxylation is 1. The molecule has 2 aromatic rings. The second-order valence-electron chi connectivity index (χ2n) is 10.8. The van der Waals surface area contributed by atoms with Crippen molar-refractivity contribution in [1.29, 1.82) is 0 Å². The fraction of sp³-hybridized carbons (Fsp3) is 0.533. The number of imide groups is 1. The van der Waals surface area contributed by atoms with Gasteiger partial charge in [-0.15, -0.1) is 0 Å². The zero-order valence-corrected chi connectivity index (χ0v) is 23.7. The van der Waals surface area contributed by atoms with E-state index in [1.807, 2.05) is 0 Å². The van der Waals surface area contributed by atoms with Crippen LogP contribution in [0.5, 0.6) is 11.5 Å². The van der Waals surface area contributed by atoms with Crippen LogP contribution in [-0.2, 0) is 28.6 Å². The number of benzene rings is 2. The van der Waals surface area contributed by atoms with E-state index in [0.29, 0.717) is 31.2 Å². The molecule has 0 saturated carbocycles. The highest BCUT2D eigenvalue weighted by Gasteiger charge is 2.75. The summed E-state index contributed by atoms with van der Waals surface area (Å²) >= 11 is 0. The number of fused-ring (bicyclic) bond motifs is 1. The maximum absolute atomic E-state index is 14.1. The lowest BCUT2D eigenvalue weighted by molar-refractivity contribution is -0.303. The summed E-state index contributed by atoms with van der Waals surface area (Å²) in [6.45, 7) is 3.80. The van der Waals surface area contributed by atoms with Gasteiger partial charge in [-0.3, -0.25) is 9.69 Å². The van der Waals surface area contributed by atoms with E-state index in [1.165, 1.54) is 0 Å². The highest BCUT2D eigenvalue weighted by Crippen LogP contribution is 2.59. The first-order valence-electron chi connectivity index (χ1n) is 14.0. The van der Waals surface area contributed by atoms with E-state index < -0.39 is 47.3 Å². The van der Waals surface area contributed by atoms with Crippen LogP contribution in [0.15, 0.2) is 36.4 Å². The number of alkyl halides is 6. The van der Waals surface area contributed by atoms with Gasteiger partial charge >= 0.3 is 18.4 Å². The molecule has 0 radical (unpaired) electrons. The Labute approximate surface area is 240 Å². The molecule has 2 aromatic carbocycles. The van der Waals surface area contributed by atoms with Gasteiger partial charge in [0.25, 0.3) is 5.91 Å². The molecule has 3 amide bonds. The first-order chi connectivity index (χ1) is 19.7.